The summed E-state index contributed by atoms with van der Waals surface area (Å²) in [6.07, 6.45) is 0. The van der Waals surface area contributed by atoms with Crippen LogP contribution >= 0.6 is 11.3 Å². The van der Waals surface area contributed by atoms with Crippen LogP contribution in [0.2, 0.25) is 0 Å². The fourth-order valence-electron chi connectivity index (χ4n) is 1.67. The second-order valence-electron chi connectivity index (χ2n) is 4.24. The molecule has 5 nitrogen and oxygen atoms in total. The molecule has 0 saturated heterocycles. The van der Waals surface area contributed by atoms with Crippen LogP contribution < -0.4 is 10.5 Å². The minimum absolute atomic E-state index is 0.136. The number of nitrogens with zero attached hydrogens (tertiary/aromatic N) is 1. The van der Waals surface area contributed by atoms with Gasteiger partial charge in [-0.05, 0) is 36.8 Å². The van der Waals surface area contributed by atoms with Crippen molar-refractivity contribution < 1.29 is 8.42 Å². The molecule has 0 aliphatic rings. The fourth-order valence-corrected chi connectivity index (χ4v) is 4.02. The van der Waals surface area contributed by atoms with Crippen LogP contribution in [0, 0.1) is 11.3 Å². The Bertz CT molecular complexity index is 743. The van der Waals surface area contributed by atoms with Crippen LogP contribution in [0.5, 0.6) is 0 Å². The molecule has 1 atom stereocenters. The lowest BCUT2D eigenvalue weighted by Crippen LogP contribution is -2.26. The van der Waals surface area contributed by atoms with Crippen molar-refractivity contribution in [1.82, 2.24) is 4.72 Å². The first-order valence-corrected chi connectivity index (χ1v) is 8.10. The summed E-state index contributed by atoms with van der Waals surface area (Å²) in [6.45, 7) is 1.75. The number of rotatable bonds is 4. The molecule has 0 fully saturated rings. The number of benzene rings is 1. The quantitative estimate of drug-likeness (QED) is 0.847. The maximum Gasteiger partial charge on any atom is 0.250 e. The van der Waals surface area contributed by atoms with Crippen molar-refractivity contribution in [3.05, 3.63) is 46.8 Å². The maximum atomic E-state index is 12.2. The van der Waals surface area contributed by atoms with Crippen LogP contribution in [-0.4, -0.2) is 8.42 Å². The Morgan fingerprint density at radius 3 is 2.45 bits per heavy atom. The molecule has 2 rings (SSSR count). The van der Waals surface area contributed by atoms with E-state index in [2.05, 4.69) is 4.72 Å². The summed E-state index contributed by atoms with van der Waals surface area (Å²) in [5.41, 5.74) is 7.04. The lowest BCUT2D eigenvalue weighted by atomic mass is 10.1. The summed E-state index contributed by atoms with van der Waals surface area (Å²) in [5, 5.41) is 8.74. The smallest absolute Gasteiger partial charge is 0.250 e. The van der Waals surface area contributed by atoms with Gasteiger partial charge in [0.15, 0.2) is 0 Å². The van der Waals surface area contributed by atoms with Gasteiger partial charge < -0.3 is 5.73 Å². The third kappa shape index (κ3) is 3.17. The van der Waals surface area contributed by atoms with Crippen LogP contribution in [0.4, 0.5) is 5.69 Å². The lowest BCUT2D eigenvalue weighted by Gasteiger charge is -2.13. The zero-order valence-corrected chi connectivity index (χ0v) is 12.3. The minimum atomic E-state index is -3.62. The number of hydrogen-bond acceptors (Lipinski definition) is 5. The summed E-state index contributed by atoms with van der Waals surface area (Å²) in [5.74, 6) is 0. The highest BCUT2D eigenvalue weighted by atomic mass is 32.2. The molecule has 0 aliphatic carbocycles. The zero-order chi connectivity index (χ0) is 14.8. The van der Waals surface area contributed by atoms with Gasteiger partial charge in [-0.15, -0.1) is 11.3 Å². The average Bonchev–Trinajstić information content (AvgIpc) is 2.88. The predicted molar refractivity (Wildman–Crippen MR) is 78.6 cm³/mol. The molecular formula is C13H13N3O2S2. The van der Waals surface area contributed by atoms with Crippen molar-refractivity contribution in [3.8, 4) is 6.07 Å². The maximum absolute atomic E-state index is 12.2. The third-order valence-electron chi connectivity index (χ3n) is 2.72. The molecule has 1 aromatic heterocycles. The van der Waals surface area contributed by atoms with Gasteiger partial charge in [-0.1, -0.05) is 12.1 Å². The highest BCUT2D eigenvalue weighted by molar-refractivity contribution is 7.91. The predicted octanol–water partition coefficient (Wildman–Crippen LogP) is 2.24. The number of nitrogens with one attached hydrogen (secondary N) is 1. The Hall–Kier alpha value is -1.88. The van der Waals surface area contributed by atoms with E-state index in [0.29, 0.717) is 10.6 Å². The van der Waals surface area contributed by atoms with E-state index in [1.54, 1.807) is 31.2 Å². The summed E-state index contributed by atoms with van der Waals surface area (Å²) < 4.78 is 27.1. The van der Waals surface area contributed by atoms with Gasteiger partial charge in [-0.3, -0.25) is 0 Å². The first-order chi connectivity index (χ1) is 9.42. The van der Waals surface area contributed by atoms with Crippen molar-refractivity contribution >= 4 is 27.0 Å². The summed E-state index contributed by atoms with van der Waals surface area (Å²) >= 11 is 0.948. The van der Waals surface area contributed by atoms with Crippen molar-refractivity contribution in [3.63, 3.8) is 0 Å². The molecule has 1 aromatic carbocycles. The van der Waals surface area contributed by atoms with E-state index in [4.69, 9.17) is 11.0 Å². The third-order valence-corrected chi connectivity index (χ3v) is 5.75. The number of nitriles is 1. The summed E-state index contributed by atoms with van der Waals surface area (Å²) in [6, 6.07) is 11.5. The first kappa shape index (κ1) is 14.5. The van der Waals surface area contributed by atoms with Crippen LogP contribution in [0.15, 0.2) is 40.6 Å². The van der Waals surface area contributed by atoms with Crippen LogP contribution in [0.25, 0.3) is 0 Å². The summed E-state index contributed by atoms with van der Waals surface area (Å²) in [7, 11) is -3.62. The Kier molecular flexibility index (Phi) is 4.09. The Morgan fingerprint density at radius 2 is 1.90 bits per heavy atom. The highest BCUT2D eigenvalue weighted by Gasteiger charge is 2.20. The largest absolute Gasteiger partial charge is 0.399 e. The van der Waals surface area contributed by atoms with Crippen molar-refractivity contribution in [2.24, 2.45) is 0 Å². The van der Waals surface area contributed by atoms with Crippen molar-refractivity contribution in [1.29, 1.82) is 5.26 Å². The van der Waals surface area contributed by atoms with Gasteiger partial charge in [-0.2, -0.15) is 5.26 Å². The van der Waals surface area contributed by atoms with E-state index in [-0.39, 0.29) is 10.3 Å². The molecule has 2 aromatic rings. The topological polar surface area (TPSA) is 96.0 Å². The monoisotopic (exact) mass is 307 g/mol. The Morgan fingerprint density at radius 1 is 1.25 bits per heavy atom. The number of nitrogens with two attached hydrogens (primary N) is 1. The normalized spacial score (nSPS) is 12.8. The molecule has 104 valence electrons. The fraction of sp³-hybridized carbons (Fsp3) is 0.154. The minimum Gasteiger partial charge on any atom is -0.399 e. The van der Waals surface area contributed by atoms with Crippen LogP contribution in [-0.2, 0) is 10.0 Å². The molecule has 0 aliphatic heterocycles. The molecule has 1 unspecified atom stereocenters. The summed E-state index contributed by atoms with van der Waals surface area (Å²) in [4.78, 5) is 0.366. The average molecular weight is 307 g/mol. The van der Waals surface area contributed by atoms with Gasteiger partial charge in [0.25, 0.3) is 10.0 Å². The number of nitrogen functional groups attached to an aromatic ring is 1. The first-order valence-electron chi connectivity index (χ1n) is 5.80. The molecule has 0 radical (unpaired) electrons. The van der Waals surface area contributed by atoms with E-state index >= 15 is 0 Å². The van der Waals surface area contributed by atoms with Crippen molar-refractivity contribution in [2.75, 3.05) is 5.73 Å². The van der Waals surface area contributed by atoms with E-state index in [9.17, 15) is 8.42 Å². The zero-order valence-electron chi connectivity index (χ0n) is 10.7. The molecule has 0 amide bonds. The number of anilines is 1. The molecule has 7 heteroatoms. The Balaban J connectivity index is 2.20. The molecule has 3 N–H and O–H groups in total. The van der Waals surface area contributed by atoms with Gasteiger partial charge in [0.1, 0.15) is 15.2 Å². The second kappa shape index (κ2) is 5.63. The highest BCUT2D eigenvalue weighted by Crippen LogP contribution is 2.23. The van der Waals surface area contributed by atoms with Crippen LogP contribution in [0.3, 0.4) is 0 Å². The van der Waals surface area contributed by atoms with Gasteiger partial charge in [0, 0.05) is 11.7 Å². The molecule has 1 heterocycles. The standard InChI is InChI=1S/C13H13N3O2S2/c1-9(10-2-4-11(15)5-3-10)16-20(17,18)13-7-6-12(8-14)19-13/h2-7,9,16H,15H2,1H3. The van der Waals surface area contributed by atoms with E-state index < -0.39 is 10.0 Å². The second-order valence-corrected chi connectivity index (χ2v) is 7.26. The number of thiophene rings is 1. The van der Waals surface area contributed by atoms with Crippen molar-refractivity contribution in [2.45, 2.75) is 17.2 Å². The van der Waals surface area contributed by atoms with E-state index in [1.807, 2.05) is 6.07 Å². The number of sulfonamides is 1. The van der Waals surface area contributed by atoms with Gasteiger partial charge in [0.05, 0.1) is 0 Å². The SMILES string of the molecule is CC(NS(=O)(=O)c1ccc(C#N)s1)c1ccc(N)cc1. The lowest BCUT2D eigenvalue weighted by molar-refractivity contribution is 0.569. The Labute approximate surface area is 121 Å². The van der Waals surface area contributed by atoms with E-state index in [0.717, 1.165) is 16.9 Å². The molecule has 0 spiro atoms. The molecule has 20 heavy (non-hydrogen) atoms. The van der Waals surface area contributed by atoms with Gasteiger partial charge in [-0.25, -0.2) is 13.1 Å². The van der Waals surface area contributed by atoms with Gasteiger partial charge in [0.2, 0.25) is 0 Å². The molecular weight excluding hydrogens is 294 g/mol. The molecule has 0 bridgehead atoms. The molecule has 0 saturated carbocycles. The van der Waals surface area contributed by atoms with Gasteiger partial charge >= 0.3 is 0 Å². The van der Waals surface area contributed by atoms with Crippen LogP contribution in [0.1, 0.15) is 23.4 Å². The number of hydrogen-bond donors (Lipinski definition) is 2. The van der Waals surface area contributed by atoms with E-state index in [1.165, 1.54) is 12.1 Å².